The quantitative estimate of drug-likeness (QED) is 0.845. The van der Waals surface area contributed by atoms with Crippen LogP contribution in [0.4, 0.5) is 5.82 Å². The van der Waals surface area contributed by atoms with Crippen LogP contribution in [-0.4, -0.2) is 29.2 Å². The van der Waals surface area contributed by atoms with Gasteiger partial charge in [-0.1, -0.05) is 24.3 Å². The van der Waals surface area contributed by atoms with Crippen molar-refractivity contribution in [3.63, 3.8) is 0 Å². The first-order chi connectivity index (χ1) is 10.2. The lowest BCUT2D eigenvalue weighted by Gasteiger charge is -2.15. The average Bonchev–Trinajstić information content (AvgIpc) is 2.96. The molecule has 2 aromatic rings. The number of nitrogens with one attached hydrogen (secondary N) is 1. The summed E-state index contributed by atoms with van der Waals surface area (Å²) >= 11 is 0. The molecule has 0 aliphatic heterocycles. The van der Waals surface area contributed by atoms with Crippen LogP contribution in [0.15, 0.2) is 42.6 Å². The largest absolute Gasteiger partial charge is 0.496 e. The Morgan fingerprint density at radius 2 is 2.19 bits per heavy atom. The number of rotatable bonds is 4. The Hall–Kier alpha value is -2.56. The zero-order chi connectivity index (χ0) is 14.8. The van der Waals surface area contributed by atoms with Crippen molar-refractivity contribution >= 4 is 22.6 Å². The van der Waals surface area contributed by atoms with Gasteiger partial charge in [0.15, 0.2) is 0 Å². The van der Waals surface area contributed by atoms with Crippen LogP contribution in [0.2, 0.25) is 0 Å². The third kappa shape index (κ3) is 2.54. The number of benzene rings is 1. The fraction of sp³-hybridized carbons (Fsp3) is 0.250. The lowest BCUT2D eigenvalue weighted by Crippen LogP contribution is -2.19. The second-order valence-electron chi connectivity index (χ2n) is 5.03. The molecule has 0 radical (unpaired) electrons. The average molecular weight is 284 g/mol. The fourth-order valence-corrected chi connectivity index (χ4v) is 2.64. The highest BCUT2D eigenvalue weighted by Gasteiger charge is 2.24. The van der Waals surface area contributed by atoms with E-state index in [1.807, 2.05) is 30.3 Å². The predicted octanol–water partition coefficient (Wildman–Crippen LogP) is 2.68. The lowest BCUT2D eigenvalue weighted by atomic mass is 10.1. The standard InChI is InChI=1S/C16H16N2O3/c1-21-14-4-2-3-13-12(14)7-8-17-15(13)18-11-6-5-10(9-11)16(19)20/h2-8,10-11H,9H2,1H3,(H,17,18)(H,19,20). The van der Waals surface area contributed by atoms with Crippen molar-refractivity contribution in [3.8, 4) is 5.75 Å². The summed E-state index contributed by atoms with van der Waals surface area (Å²) in [5.41, 5.74) is 0. The number of aliphatic carboxylic acids is 1. The number of hydrogen-bond acceptors (Lipinski definition) is 4. The van der Waals surface area contributed by atoms with Crippen molar-refractivity contribution in [2.75, 3.05) is 12.4 Å². The second-order valence-corrected chi connectivity index (χ2v) is 5.03. The topological polar surface area (TPSA) is 71.5 Å². The number of pyridine rings is 1. The number of nitrogens with zero attached hydrogens (tertiary/aromatic N) is 1. The molecule has 5 heteroatoms. The van der Waals surface area contributed by atoms with E-state index >= 15 is 0 Å². The van der Waals surface area contributed by atoms with E-state index in [0.717, 1.165) is 22.3 Å². The summed E-state index contributed by atoms with van der Waals surface area (Å²) in [5.74, 6) is 0.325. The number of carboxylic acids is 1. The third-order valence-corrected chi connectivity index (χ3v) is 3.71. The third-order valence-electron chi connectivity index (χ3n) is 3.71. The number of hydrogen-bond donors (Lipinski definition) is 2. The molecule has 0 spiro atoms. The van der Waals surface area contributed by atoms with Crippen LogP contribution in [-0.2, 0) is 4.79 Å². The molecule has 1 heterocycles. The summed E-state index contributed by atoms with van der Waals surface area (Å²) in [6.45, 7) is 0. The zero-order valence-corrected chi connectivity index (χ0v) is 11.6. The second kappa shape index (κ2) is 5.44. The Morgan fingerprint density at radius 1 is 1.33 bits per heavy atom. The highest BCUT2D eigenvalue weighted by atomic mass is 16.5. The fourth-order valence-electron chi connectivity index (χ4n) is 2.64. The van der Waals surface area contributed by atoms with Crippen molar-refractivity contribution in [1.82, 2.24) is 4.98 Å². The molecule has 5 nitrogen and oxygen atoms in total. The summed E-state index contributed by atoms with van der Waals surface area (Å²) < 4.78 is 5.35. The van der Waals surface area contributed by atoms with E-state index < -0.39 is 11.9 Å². The van der Waals surface area contributed by atoms with E-state index in [1.165, 1.54) is 0 Å². The van der Waals surface area contributed by atoms with Gasteiger partial charge in [-0.15, -0.1) is 0 Å². The molecule has 1 aromatic heterocycles. The molecule has 1 aliphatic rings. The Labute approximate surface area is 122 Å². The van der Waals surface area contributed by atoms with Crippen LogP contribution in [0.3, 0.4) is 0 Å². The Morgan fingerprint density at radius 3 is 2.90 bits per heavy atom. The van der Waals surface area contributed by atoms with E-state index in [1.54, 1.807) is 19.4 Å². The summed E-state index contributed by atoms with van der Waals surface area (Å²) in [5, 5.41) is 14.3. The normalized spacial score (nSPS) is 20.6. The molecule has 0 amide bonds. The highest BCUT2D eigenvalue weighted by Crippen LogP contribution is 2.30. The first kappa shape index (κ1) is 13.4. The van der Waals surface area contributed by atoms with Crippen LogP contribution < -0.4 is 10.1 Å². The van der Waals surface area contributed by atoms with Gasteiger partial charge in [0.05, 0.1) is 13.0 Å². The molecular formula is C16H16N2O3. The van der Waals surface area contributed by atoms with Gasteiger partial charge in [-0.25, -0.2) is 4.98 Å². The Bertz CT molecular complexity index is 712. The minimum atomic E-state index is -0.789. The Kier molecular flexibility index (Phi) is 3.48. The number of fused-ring (bicyclic) bond motifs is 1. The minimum Gasteiger partial charge on any atom is -0.496 e. The molecule has 1 aromatic carbocycles. The van der Waals surface area contributed by atoms with Crippen LogP contribution in [0.1, 0.15) is 6.42 Å². The van der Waals surface area contributed by atoms with Gasteiger partial charge >= 0.3 is 5.97 Å². The molecule has 0 bridgehead atoms. The van der Waals surface area contributed by atoms with Crippen LogP contribution >= 0.6 is 0 Å². The SMILES string of the molecule is COc1cccc2c(NC3C=CC(C(=O)O)C3)nccc12. The van der Waals surface area contributed by atoms with E-state index in [4.69, 9.17) is 9.84 Å². The summed E-state index contributed by atoms with van der Waals surface area (Å²) in [6.07, 6.45) is 5.88. The van der Waals surface area contributed by atoms with E-state index in [9.17, 15) is 4.79 Å². The van der Waals surface area contributed by atoms with Crippen molar-refractivity contribution in [2.45, 2.75) is 12.5 Å². The van der Waals surface area contributed by atoms with Gasteiger partial charge in [0.1, 0.15) is 11.6 Å². The first-order valence-electron chi connectivity index (χ1n) is 6.78. The first-order valence-corrected chi connectivity index (χ1v) is 6.78. The molecule has 2 unspecified atom stereocenters. The maximum Gasteiger partial charge on any atom is 0.310 e. The number of carboxylic acid groups (broad SMARTS) is 1. The van der Waals surface area contributed by atoms with Gasteiger partial charge in [-0.05, 0) is 18.6 Å². The molecule has 108 valence electrons. The zero-order valence-electron chi connectivity index (χ0n) is 11.6. The molecule has 0 saturated heterocycles. The molecule has 2 N–H and O–H groups in total. The lowest BCUT2D eigenvalue weighted by molar-refractivity contribution is -0.140. The predicted molar refractivity (Wildman–Crippen MR) is 80.6 cm³/mol. The molecule has 0 saturated carbocycles. The van der Waals surface area contributed by atoms with E-state index in [0.29, 0.717) is 6.42 Å². The van der Waals surface area contributed by atoms with Crippen molar-refractivity contribution in [1.29, 1.82) is 0 Å². The molecule has 0 fully saturated rings. The van der Waals surface area contributed by atoms with Crippen molar-refractivity contribution in [3.05, 3.63) is 42.6 Å². The smallest absolute Gasteiger partial charge is 0.310 e. The number of ether oxygens (including phenoxy) is 1. The maximum absolute atomic E-state index is 11.0. The van der Waals surface area contributed by atoms with E-state index in [2.05, 4.69) is 10.3 Å². The highest BCUT2D eigenvalue weighted by molar-refractivity contribution is 5.96. The number of methoxy groups -OCH3 is 1. The van der Waals surface area contributed by atoms with Crippen LogP contribution in [0.5, 0.6) is 5.75 Å². The summed E-state index contributed by atoms with van der Waals surface area (Å²) in [6, 6.07) is 7.68. The molecular weight excluding hydrogens is 268 g/mol. The van der Waals surface area contributed by atoms with Crippen molar-refractivity contribution < 1.29 is 14.6 Å². The van der Waals surface area contributed by atoms with Gasteiger partial charge in [0, 0.05) is 23.0 Å². The molecule has 1 aliphatic carbocycles. The summed E-state index contributed by atoms with van der Waals surface area (Å²) in [4.78, 5) is 15.4. The summed E-state index contributed by atoms with van der Waals surface area (Å²) in [7, 11) is 1.64. The van der Waals surface area contributed by atoms with Crippen LogP contribution in [0, 0.1) is 5.92 Å². The van der Waals surface area contributed by atoms with Crippen molar-refractivity contribution in [2.24, 2.45) is 5.92 Å². The van der Waals surface area contributed by atoms with Gasteiger partial charge in [-0.2, -0.15) is 0 Å². The molecule has 3 rings (SSSR count). The number of carbonyl (C=O) groups is 1. The number of anilines is 1. The minimum absolute atomic E-state index is 0.0181. The van der Waals surface area contributed by atoms with Crippen LogP contribution in [0.25, 0.3) is 10.8 Å². The van der Waals surface area contributed by atoms with Gasteiger partial charge in [0.25, 0.3) is 0 Å². The number of aromatic nitrogens is 1. The van der Waals surface area contributed by atoms with E-state index in [-0.39, 0.29) is 6.04 Å². The molecule has 21 heavy (non-hydrogen) atoms. The monoisotopic (exact) mass is 284 g/mol. The Balaban J connectivity index is 1.89. The maximum atomic E-state index is 11.0. The van der Waals surface area contributed by atoms with Gasteiger partial charge in [0.2, 0.25) is 0 Å². The molecule has 2 atom stereocenters. The van der Waals surface area contributed by atoms with Gasteiger partial charge < -0.3 is 15.2 Å². The van der Waals surface area contributed by atoms with Gasteiger partial charge in [-0.3, -0.25) is 4.79 Å².